The number of nitrogens with two attached hydrogens (primary N) is 1. The Morgan fingerprint density at radius 2 is 1.78 bits per heavy atom. The van der Waals surface area contributed by atoms with Crippen LogP contribution in [0.2, 0.25) is 0 Å². The minimum Gasteiger partial charge on any atom is -0.328 e. The van der Waals surface area contributed by atoms with Gasteiger partial charge in [-0.15, -0.1) is 0 Å². The van der Waals surface area contributed by atoms with Crippen molar-refractivity contribution in [1.29, 1.82) is 0 Å². The van der Waals surface area contributed by atoms with E-state index in [-0.39, 0.29) is 10.0 Å². The van der Waals surface area contributed by atoms with E-state index < -0.39 is 0 Å². The third-order valence-corrected chi connectivity index (χ3v) is 2.65. The van der Waals surface area contributed by atoms with Crippen LogP contribution < -0.4 is 5.73 Å². The molecular weight excluding hydrogens is 130 g/mol. The average molecular weight is 149 g/mol. The Kier molecular flexibility index (Phi) is 3.59. The van der Waals surface area contributed by atoms with Crippen LogP contribution in [0, 0.1) is 0 Å². The lowest BCUT2D eigenvalue weighted by Gasteiger charge is -2.25. The summed E-state index contributed by atoms with van der Waals surface area (Å²) in [5.41, 5.74) is 5.61. The zero-order valence-electron chi connectivity index (χ0n) is 6.98. The molecule has 0 saturated carbocycles. The van der Waals surface area contributed by atoms with Crippen molar-refractivity contribution < 1.29 is 0 Å². The maximum atomic E-state index is 5.61. The molecule has 0 aliphatic rings. The largest absolute Gasteiger partial charge is 0.328 e. The fourth-order valence-electron chi connectivity index (χ4n) is 0.539. The molecule has 0 saturated heterocycles. The summed E-state index contributed by atoms with van der Waals surface area (Å²) in [6.07, 6.45) is 8.17. The summed E-state index contributed by atoms with van der Waals surface area (Å²) >= 11 is 0. The van der Waals surface area contributed by atoms with Crippen molar-refractivity contribution in [2.75, 3.05) is 24.5 Å². The first-order valence-electron chi connectivity index (χ1n) is 3.33. The summed E-state index contributed by atoms with van der Waals surface area (Å²) in [5.74, 6) is 1.31. The lowest BCUT2D eigenvalue weighted by Crippen LogP contribution is -2.17. The highest BCUT2D eigenvalue weighted by Crippen LogP contribution is 2.35. The molecule has 1 unspecified atom stereocenters. The van der Waals surface area contributed by atoms with Gasteiger partial charge in [-0.05, 0) is 37.9 Å². The van der Waals surface area contributed by atoms with Crippen LogP contribution in [-0.2, 0) is 0 Å². The van der Waals surface area contributed by atoms with Crippen molar-refractivity contribution in [2.24, 2.45) is 5.73 Å². The number of hydrogen-bond donors (Lipinski definition) is 1. The predicted octanol–water partition coefficient (Wildman–Crippen LogP) is 1.42. The lowest BCUT2D eigenvalue weighted by atomic mass is 10.3. The van der Waals surface area contributed by atoms with Crippen LogP contribution >= 0.6 is 10.0 Å². The summed E-state index contributed by atoms with van der Waals surface area (Å²) < 4.78 is 0. The number of hydrogen-bond acceptors (Lipinski definition) is 1. The summed E-state index contributed by atoms with van der Waals surface area (Å²) in [6, 6.07) is 0.386. The highest BCUT2D eigenvalue weighted by molar-refractivity contribution is 8.32. The molecule has 0 aromatic heterocycles. The zero-order chi connectivity index (χ0) is 7.49. The second kappa shape index (κ2) is 3.47. The van der Waals surface area contributed by atoms with E-state index in [1.165, 1.54) is 12.2 Å². The lowest BCUT2D eigenvalue weighted by molar-refractivity contribution is 0.720. The highest BCUT2D eigenvalue weighted by atomic mass is 32.3. The van der Waals surface area contributed by atoms with Gasteiger partial charge in [0.2, 0.25) is 0 Å². The van der Waals surface area contributed by atoms with Gasteiger partial charge >= 0.3 is 0 Å². The van der Waals surface area contributed by atoms with Gasteiger partial charge in [-0.1, -0.05) is 0 Å². The van der Waals surface area contributed by atoms with Gasteiger partial charge in [-0.25, -0.2) is 10.0 Å². The van der Waals surface area contributed by atoms with Gasteiger partial charge in [0.15, 0.2) is 0 Å². The van der Waals surface area contributed by atoms with Gasteiger partial charge in [-0.2, -0.15) is 0 Å². The van der Waals surface area contributed by atoms with E-state index in [2.05, 4.69) is 25.7 Å². The molecule has 0 spiro atoms. The Morgan fingerprint density at radius 3 is 1.89 bits per heavy atom. The molecule has 0 bridgehead atoms. The van der Waals surface area contributed by atoms with E-state index in [9.17, 15) is 0 Å². The SMILES string of the molecule is CC(N)CCS(C)(C)C. The smallest absolute Gasteiger partial charge is 0.00177 e. The second-order valence-corrected chi connectivity index (χ2v) is 8.15. The normalized spacial score (nSPS) is 17.4. The Bertz CT molecular complexity index is 73.5. The summed E-state index contributed by atoms with van der Waals surface area (Å²) in [7, 11) is -0.299. The fourth-order valence-corrected chi connectivity index (χ4v) is 1.62. The van der Waals surface area contributed by atoms with Gasteiger partial charge in [0.25, 0.3) is 0 Å². The fraction of sp³-hybridized carbons (Fsp3) is 1.00. The maximum Gasteiger partial charge on any atom is 0.00177 e. The molecule has 0 fully saturated rings. The van der Waals surface area contributed by atoms with E-state index in [0.717, 1.165) is 0 Å². The Labute approximate surface area is 60.3 Å². The van der Waals surface area contributed by atoms with Gasteiger partial charge in [0.05, 0.1) is 0 Å². The van der Waals surface area contributed by atoms with Crippen molar-refractivity contribution in [1.82, 2.24) is 0 Å². The molecule has 0 aliphatic heterocycles. The van der Waals surface area contributed by atoms with Crippen LogP contribution in [0.5, 0.6) is 0 Å². The molecule has 9 heavy (non-hydrogen) atoms. The second-order valence-electron chi connectivity index (χ2n) is 3.56. The minimum absolute atomic E-state index is 0.299. The molecule has 1 nitrogen and oxygen atoms in total. The molecule has 2 heteroatoms. The predicted molar refractivity (Wildman–Crippen MR) is 48.5 cm³/mol. The standard InChI is InChI=1S/C7H19NS/c1-7(8)5-6-9(2,3)4/h7H,5-6,8H2,1-4H3. The first kappa shape index (κ1) is 9.31. The van der Waals surface area contributed by atoms with Crippen LogP contribution in [0.1, 0.15) is 13.3 Å². The van der Waals surface area contributed by atoms with E-state index in [1.807, 2.05) is 0 Å². The minimum atomic E-state index is -0.299. The van der Waals surface area contributed by atoms with Crippen LogP contribution in [-0.4, -0.2) is 30.6 Å². The van der Waals surface area contributed by atoms with Gasteiger partial charge in [0, 0.05) is 6.04 Å². The first-order chi connectivity index (χ1) is 3.92. The van der Waals surface area contributed by atoms with Crippen LogP contribution in [0.25, 0.3) is 0 Å². The third-order valence-electron chi connectivity index (χ3n) is 1.19. The summed E-state index contributed by atoms with van der Waals surface area (Å²) in [6.45, 7) is 2.07. The van der Waals surface area contributed by atoms with E-state index >= 15 is 0 Å². The van der Waals surface area contributed by atoms with E-state index in [0.29, 0.717) is 6.04 Å². The third kappa shape index (κ3) is 8.31. The first-order valence-corrected chi connectivity index (χ1v) is 6.36. The zero-order valence-corrected chi connectivity index (χ0v) is 7.79. The van der Waals surface area contributed by atoms with Crippen molar-refractivity contribution in [3.05, 3.63) is 0 Å². The van der Waals surface area contributed by atoms with Gasteiger partial charge in [0.1, 0.15) is 0 Å². The highest BCUT2D eigenvalue weighted by Gasteiger charge is 2.04. The molecule has 58 valence electrons. The average Bonchev–Trinajstić information content (AvgIpc) is 1.59. The van der Waals surface area contributed by atoms with E-state index in [4.69, 9.17) is 5.73 Å². The summed E-state index contributed by atoms with van der Waals surface area (Å²) in [5, 5.41) is 0. The number of rotatable bonds is 3. The Hall–Kier alpha value is 0.310. The van der Waals surface area contributed by atoms with Crippen LogP contribution in [0.4, 0.5) is 0 Å². The summed E-state index contributed by atoms with van der Waals surface area (Å²) in [4.78, 5) is 0. The van der Waals surface area contributed by atoms with Crippen molar-refractivity contribution in [2.45, 2.75) is 19.4 Å². The van der Waals surface area contributed by atoms with Crippen molar-refractivity contribution in [3.8, 4) is 0 Å². The Morgan fingerprint density at radius 1 is 1.33 bits per heavy atom. The molecular formula is C7H19NS. The van der Waals surface area contributed by atoms with Crippen LogP contribution in [0.15, 0.2) is 0 Å². The molecule has 0 heterocycles. The molecule has 0 rings (SSSR count). The topological polar surface area (TPSA) is 26.0 Å². The Balaban J connectivity index is 3.28. The van der Waals surface area contributed by atoms with E-state index in [1.54, 1.807) is 0 Å². The monoisotopic (exact) mass is 149 g/mol. The quantitative estimate of drug-likeness (QED) is 0.645. The molecule has 2 N–H and O–H groups in total. The molecule has 0 aliphatic carbocycles. The van der Waals surface area contributed by atoms with Crippen molar-refractivity contribution in [3.63, 3.8) is 0 Å². The molecule has 1 atom stereocenters. The van der Waals surface area contributed by atoms with Gasteiger partial charge in [-0.3, -0.25) is 0 Å². The van der Waals surface area contributed by atoms with Crippen LogP contribution in [0.3, 0.4) is 0 Å². The molecule has 0 aromatic rings. The molecule has 0 radical (unpaired) electrons. The molecule has 0 amide bonds. The van der Waals surface area contributed by atoms with Gasteiger partial charge < -0.3 is 5.73 Å². The maximum absolute atomic E-state index is 5.61. The molecule has 0 aromatic carbocycles. The van der Waals surface area contributed by atoms with Crippen molar-refractivity contribution >= 4 is 10.0 Å².